The highest BCUT2D eigenvalue weighted by Crippen LogP contribution is 2.19. The molecule has 3 nitrogen and oxygen atoms in total. The van der Waals surface area contributed by atoms with Gasteiger partial charge < -0.3 is 14.6 Å². The molecule has 0 aromatic rings. The van der Waals surface area contributed by atoms with Crippen LogP contribution in [0.15, 0.2) is 0 Å². The van der Waals surface area contributed by atoms with Crippen LogP contribution < -0.4 is 0 Å². The lowest BCUT2D eigenvalue weighted by Gasteiger charge is -2.29. The highest BCUT2D eigenvalue weighted by atomic mass is 16.7. The molecule has 0 amide bonds. The fourth-order valence-corrected chi connectivity index (χ4v) is 1.49. The van der Waals surface area contributed by atoms with Crippen LogP contribution in [0.5, 0.6) is 0 Å². The molecule has 1 aliphatic rings. The van der Waals surface area contributed by atoms with Gasteiger partial charge in [-0.25, -0.2) is 0 Å². The van der Waals surface area contributed by atoms with Crippen molar-refractivity contribution in [2.75, 3.05) is 13.2 Å². The summed E-state index contributed by atoms with van der Waals surface area (Å²) in [6.07, 6.45) is 3.61. The van der Waals surface area contributed by atoms with Crippen LogP contribution in [0.3, 0.4) is 0 Å². The summed E-state index contributed by atoms with van der Waals surface area (Å²) in [6, 6.07) is 0. The quantitative estimate of drug-likeness (QED) is 0.724. The van der Waals surface area contributed by atoms with Gasteiger partial charge in [-0.3, -0.25) is 0 Å². The Morgan fingerprint density at radius 1 is 1.47 bits per heavy atom. The first-order valence-corrected chi connectivity index (χ1v) is 5.54. The van der Waals surface area contributed by atoms with E-state index in [1.54, 1.807) is 0 Å². The Balaban J connectivity index is 2.37. The Morgan fingerprint density at radius 2 is 2.27 bits per heavy atom. The maximum atomic E-state index is 8.62. The molecule has 1 rings (SSSR count). The molecule has 1 aliphatic heterocycles. The second kappa shape index (κ2) is 6.12. The van der Waals surface area contributed by atoms with Crippen LogP contribution in [0.1, 0.15) is 39.5 Å². The fourth-order valence-electron chi connectivity index (χ4n) is 1.49. The summed E-state index contributed by atoms with van der Waals surface area (Å²) >= 11 is 0. The summed E-state index contributed by atoms with van der Waals surface area (Å²) in [6.45, 7) is 4.73. The monoisotopic (exact) mass is 212 g/mol. The van der Waals surface area contributed by atoms with Crippen molar-refractivity contribution in [3.63, 3.8) is 0 Å². The molecule has 86 valence electrons. The van der Waals surface area contributed by atoms with Gasteiger partial charge in [0.25, 0.3) is 0 Å². The van der Waals surface area contributed by atoms with Gasteiger partial charge in [0.2, 0.25) is 0 Å². The highest BCUT2D eigenvalue weighted by molar-refractivity contribution is 5.11. The Bertz CT molecular complexity index is 231. The van der Waals surface area contributed by atoms with Crippen molar-refractivity contribution in [2.24, 2.45) is 0 Å². The molecule has 1 N–H and O–H groups in total. The van der Waals surface area contributed by atoms with Crippen molar-refractivity contribution in [2.45, 2.75) is 51.4 Å². The molecule has 0 saturated carbocycles. The van der Waals surface area contributed by atoms with E-state index >= 15 is 0 Å². The highest BCUT2D eigenvalue weighted by Gasteiger charge is 2.23. The molecular formula is C12H20O3. The van der Waals surface area contributed by atoms with E-state index in [0.717, 1.165) is 25.9 Å². The second-order valence-electron chi connectivity index (χ2n) is 4.20. The topological polar surface area (TPSA) is 38.7 Å². The summed E-state index contributed by atoms with van der Waals surface area (Å²) in [7, 11) is 0. The van der Waals surface area contributed by atoms with Gasteiger partial charge in [-0.1, -0.05) is 11.8 Å². The molecule has 1 fully saturated rings. The fraction of sp³-hybridized carbons (Fsp3) is 0.833. The molecule has 1 heterocycles. The zero-order valence-electron chi connectivity index (χ0n) is 9.58. The van der Waals surface area contributed by atoms with E-state index in [2.05, 4.69) is 11.8 Å². The molecule has 1 saturated heterocycles. The van der Waals surface area contributed by atoms with Crippen LogP contribution in [0.4, 0.5) is 0 Å². The zero-order chi connectivity index (χ0) is 11.1. The number of aliphatic hydroxyl groups excluding tert-OH is 1. The van der Waals surface area contributed by atoms with E-state index in [9.17, 15) is 0 Å². The lowest BCUT2D eigenvalue weighted by molar-refractivity contribution is -0.199. The molecule has 1 atom stereocenters. The molecular weight excluding hydrogens is 192 g/mol. The van der Waals surface area contributed by atoms with E-state index in [1.165, 1.54) is 0 Å². The van der Waals surface area contributed by atoms with Crippen molar-refractivity contribution in [3.8, 4) is 11.8 Å². The molecule has 0 aliphatic carbocycles. The van der Waals surface area contributed by atoms with Crippen molar-refractivity contribution in [1.29, 1.82) is 0 Å². The minimum Gasteiger partial charge on any atom is -0.395 e. The minimum absolute atomic E-state index is 0.100. The predicted octanol–water partition coefficient (Wildman–Crippen LogP) is 1.69. The van der Waals surface area contributed by atoms with Crippen LogP contribution in [0.2, 0.25) is 0 Å². The number of rotatable bonds is 3. The Morgan fingerprint density at radius 3 is 2.87 bits per heavy atom. The summed E-state index contributed by atoms with van der Waals surface area (Å²) in [5.74, 6) is 5.88. The SMILES string of the molecule is CC(C)(C#CCCO)OC1CCCCO1. The number of hydrogen-bond donors (Lipinski definition) is 1. The average molecular weight is 212 g/mol. The van der Waals surface area contributed by atoms with Crippen molar-refractivity contribution in [1.82, 2.24) is 0 Å². The Labute approximate surface area is 91.8 Å². The van der Waals surface area contributed by atoms with E-state index in [0.29, 0.717) is 6.42 Å². The third kappa shape index (κ3) is 5.17. The van der Waals surface area contributed by atoms with Crippen LogP contribution in [-0.4, -0.2) is 30.2 Å². The largest absolute Gasteiger partial charge is 0.395 e. The molecule has 0 bridgehead atoms. The van der Waals surface area contributed by atoms with Gasteiger partial charge in [0.15, 0.2) is 6.29 Å². The molecule has 0 spiro atoms. The van der Waals surface area contributed by atoms with Crippen molar-refractivity contribution in [3.05, 3.63) is 0 Å². The minimum atomic E-state index is -0.489. The average Bonchev–Trinajstić information content (AvgIpc) is 2.18. The third-order valence-electron chi connectivity index (χ3n) is 2.19. The lowest BCUT2D eigenvalue weighted by atomic mass is 10.1. The number of hydrogen-bond acceptors (Lipinski definition) is 3. The third-order valence-corrected chi connectivity index (χ3v) is 2.19. The lowest BCUT2D eigenvalue weighted by Crippen LogP contribution is -2.33. The van der Waals surface area contributed by atoms with E-state index in [1.807, 2.05) is 13.8 Å². The molecule has 0 aromatic heterocycles. The normalized spacial score (nSPS) is 21.9. The number of aliphatic hydroxyl groups is 1. The molecule has 3 heteroatoms. The van der Waals surface area contributed by atoms with Crippen LogP contribution in [0.25, 0.3) is 0 Å². The van der Waals surface area contributed by atoms with Gasteiger partial charge in [-0.2, -0.15) is 0 Å². The Hall–Kier alpha value is -0.560. The summed E-state index contributed by atoms with van der Waals surface area (Å²) < 4.78 is 11.2. The van der Waals surface area contributed by atoms with Crippen LogP contribution >= 0.6 is 0 Å². The van der Waals surface area contributed by atoms with Gasteiger partial charge in [-0.15, -0.1) is 0 Å². The van der Waals surface area contributed by atoms with Crippen LogP contribution in [0, 0.1) is 11.8 Å². The Kier molecular flexibility index (Phi) is 5.10. The summed E-state index contributed by atoms with van der Waals surface area (Å²) in [5.41, 5.74) is -0.489. The molecule has 0 radical (unpaired) electrons. The van der Waals surface area contributed by atoms with Crippen molar-refractivity contribution >= 4 is 0 Å². The zero-order valence-corrected chi connectivity index (χ0v) is 9.58. The number of ether oxygens (including phenoxy) is 2. The van der Waals surface area contributed by atoms with Gasteiger partial charge >= 0.3 is 0 Å². The van der Waals surface area contributed by atoms with Gasteiger partial charge in [0, 0.05) is 13.0 Å². The first kappa shape index (κ1) is 12.5. The molecule has 15 heavy (non-hydrogen) atoms. The summed E-state index contributed by atoms with van der Waals surface area (Å²) in [4.78, 5) is 0. The van der Waals surface area contributed by atoms with E-state index < -0.39 is 5.60 Å². The van der Waals surface area contributed by atoms with Gasteiger partial charge in [0.05, 0.1) is 6.61 Å². The maximum Gasteiger partial charge on any atom is 0.159 e. The summed E-state index contributed by atoms with van der Waals surface area (Å²) in [5, 5.41) is 8.62. The smallest absolute Gasteiger partial charge is 0.159 e. The first-order valence-electron chi connectivity index (χ1n) is 5.54. The predicted molar refractivity (Wildman–Crippen MR) is 58.2 cm³/mol. The van der Waals surface area contributed by atoms with Gasteiger partial charge in [0.1, 0.15) is 5.60 Å². The second-order valence-corrected chi connectivity index (χ2v) is 4.20. The van der Waals surface area contributed by atoms with E-state index in [4.69, 9.17) is 14.6 Å². The van der Waals surface area contributed by atoms with Crippen molar-refractivity contribution < 1.29 is 14.6 Å². The molecule has 0 aromatic carbocycles. The first-order chi connectivity index (χ1) is 7.14. The van der Waals surface area contributed by atoms with Gasteiger partial charge in [-0.05, 0) is 33.1 Å². The van der Waals surface area contributed by atoms with Crippen LogP contribution in [-0.2, 0) is 9.47 Å². The maximum absolute atomic E-state index is 8.62. The standard InChI is InChI=1S/C12H20O3/c1-12(2,8-4-5-9-13)15-11-7-3-6-10-14-11/h11,13H,3,5-7,9-10H2,1-2H3. The molecule has 1 unspecified atom stereocenters. The van der Waals surface area contributed by atoms with E-state index in [-0.39, 0.29) is 12.9 Å².